The number of carbonyl (C=O) groups is 5. The lowest BCUT2D eigenvalue weighted by atomic mass is 9.82. The summed E-state index contributed by atoms with van der Waals surface area (Å²) in [6.45, 7) is -0.243. The molecular formula is C57H65F2N7O11. The molecule has 2 heterocycles. The molecule has 0 bridgehead atoms. The second-order valence-electron chi connectivity index (χ2n) is 18.8. The molecule has 408 valence electrons. The average Bonchev–Trinajstić information content (AvgIpc) is 4.13. The van der Waals surface area contributed by atoms with E-state index >= 15 is 0 Å². The van der Waals surface area contributed by atoms with Crippen molar-refractivity contribution >= 4 is 29.7 Å². The van der Waals surface area contributed by atoms with Crippen molar-refractivity contribution in [2.75, 3.05) is 42.1 Å². The van der Waals surface area contributed by atoms with Crippen molar-refractivity contribution in [2.45, 2.75) is 89.1 Å². The highest BCUT2D eigenvalue weighted by Crippen LogP contribution is 2.41. The second-order valence-corrected chi connectivity index (χ2v) is 18.8. The predicted octanol–water partition coefficient (Wildman–Crippen LogP) is 8.90. The van der Waals surface area contributed by atoms with E-state index in [4.69, 9.17) is 18.9 Å². The van der Waals surface area contributed by atoms with Crippen molar-refractivity contribution in [3.05, 3.63) is 120 Å². The number of hydrogen-bond donors (Lipinski definition) is 4. The number of esters is 1. The molecule has 0 aliphatic heterocycles. The van der Waals surface area contributed by atoms with Gasteiger partial charge in [0.1, 0.15) is 41.2 Å². The lowest BCUT2D eigenvalue weighted by Crippen LogP contribution is -2.45. The Labute approximate surface area is 445 Å². The van der Waals surface area contributed by atoms with Crippen LogP contribution < -0.4 is 34.9 Å². The van der Waals surface area contributed by atoms with Gasteiger partial charge in [-0.15, -0.1) is 0 Å². The first-order chi connectivity index (χ1) is 37.2. The summed E-state index contributed by atoms with van der Waals surface area (Å²) in [7, 11) is 7.38. The van der Waals surface area contributed by atoms with Crippen molar-refractivity contribution in [3.8, 4) is 56.9 Å². The third-order valence-corrected chi connectivity index (χ3v) is 13.9. The van der Waals surface area contributed by atoms with Crippen LogP contribution in [0.1, 0.15) is 98.0 Å². The van der Waals surface area contributed by atoms with Gasteiger partial charge in [0, 0.05) is 18.5 Å². The summed E-state index contributed by atoms with van der Waals surface area (Å²) in [5.74, 6) is -1.38. The van der Waals surface area contributed by atoms with E-state index in [9.17, 15) is 37.9 Å². The van der Waals surface area contributed by atoms with Gasteiger partial charge in [-0.05, 0) is 122 Å². The van der Waals surface area contributed by atoms with Gasteiger partial charge in [0.05, 0.1) is 75.9 Å². The van der Waals surface area contributed by atoms with Gasteiger partial charge in [-0.3, -0.25) is 24.0 Å². The Morgan fingerprint density at radius 2 is 0.948 bits per heavy atom. The number of nitrogens with one attached hydrogen (secondary N) is 3. The number of ether oxygens (including phenoxy) is 5. The maximum atomic E-state index is 13.7. The van der Waals surface area contributed by atoms with Gasteiger partial charge in [0.25, 0.3) is 11.8 Å². The monoisotopic (exact) mass is 1060 g/mol. The minimum absolute atomic E-state index is 0.0132. The van der Waals surface area contributed by atoms with Gasteiger partial charge in [-0.25, -0.2) is 18.1 Å². The largest absolute Gasteiger partial charge is 0.496 e. The molecule has 20 heteroatoms. The molecule has 0 radical (unpaired) electrons. The number of aliphatic carboxylic acids is 1. The zero-order chi connectivity index (χ0) is 55.0. The molecule has 18 nitrogen and oxygen atoms in total. The number of nitrogens with zero attached hydrogens (tertiary/aromatic N) is 4. The first kappa shape index (κ1) is 56.4. The minimum atomic E-state index is -0.956. The van der Waals surface area contributed by atoms with Gasteiger partial charge in [-0.2, -0.15) is 10.2 Å². The third-order valence-electron chi connectivity index (χ3n) is 13.9. The van der Waals surface area contributed by atoms with E-state index in [1.54, 1.807) is 72.8 Å². The SMILES string of the molecule is COC(=O)CNC(=O)CC(NC(=O)c1cc(-c2c(OC)cccc2OC)n(-c2ccc(F)cc2)n1)C1CCCCC1.COc1cccc(OC)c1-c1cc(C(=O)N[C@H](CC(=O)O)C2CCCCC2)nn1-c1ccc(F)cc1. The zero-order valence-electron chi connectivity index (χ0n) is 43.8. The standard InChI is InChI=1S/C30H35FN4O6.C27H30FN3O5/c1-39-25-10-7-11-26(40-2)29(25)24-16-23(34-35(24)21-14-12-20(31)13-15-21)30(38)33-22(19-8-5-4-6-9-19)17-27(36)32-18-28(37)41-3;1-35-23-9-6-10-24(36-2)26(23)22-15-21(30-31(22)19-13-11-18(28)12-14-19)27(34)29-20(16-25(32)33)17-7-4-3-5-8-17/h7,10-16,19,22H,4-6,8-9,17-18H2,1-3H3,(H,32,36)(H,33,38);6,9-15,17,20H,3-5,7-8,16H2,1-2H3,(H,29,34)(H,32,33)/t;20-/m.1/s1. The van der Waals surface area contributed by atoms with Gasteiger partial charge in [-0.1, -0.05) is 50.7 Å². The van der Waals surface area contributed by atoms with Crippen LogP contribution in [0.25, 0.3) is 33.9 Å². The topological polar surface area (TPSA) is 223 Å². The number of hydrogen-bond acceptors (Lipinski definition) is 12. The van der Waals surface area contributed by atoms with Crippen molar-refractivity contribution in [1.29, 1.82) is 0 Å². The lowest BCUT2D eigenvalue weighted by Gasteiger charge is -2.30. The lowest BCUT2D eigenvalue weighted by molar-refractivity contribution is -0.141. The van der Waals surface area contributed by atoms with E-state index in [0.717, 1.165) is 64.2 Å². The van der Waals surface area contributed by atoms with E-state index < -0.39 is 47.5 Å². The van der Waals surface area contributed by atoms with Gasteiger partial charge >= 0.3 is 11.9 Å². The van der Waals surface area contributed by atoms with Crippen LogP contribution in [0.3, 0.4) is 0 Å². The summed E-state index contributed by atoms with van der Waals surface area (Å²) in [6, 6.07) is 24.4. The van der Waals surface area contributed by atoms with E-state index in [-0.39, 0.29) is 48.5 Å². The van der Waals surface area contributed by atoms with E-state index in [1.807, 2.05) is 0 Å². The molecule has 2 aromatic heterocycles. The number of carboxylic acids is 1. The number of halogens is 2. The smallest absolute Gasteiger partial charge is 0.325 e. The Hall–Kier alpha value is -8.29. The number of methoxy groups -OCH3 is 5. The van der Waals surface area contributed by atoms with Crippen LogP contribution in [0.4, 0.5) is 8.78 Å². The first-order valence-corrected chi connectivity index (χ1v) is 25.6. The molecule has 2 aliphatic rings. The Morgan fingerprint density at radius 3 is 1.30 bits per heavy atom. The molecule has 4 aromatic carbocycles. The minimum Gasteiger partial charge on any atom is -0.496 e. The van der Waals surface area contributed by atoms with Crippen molar-refractivity contribution in [1.82, 2.24) is 35.5 Å². The van der Waals surface area contributed by atoms with Crippen LogP contribution in [0.5, 0.6) is 23.0 Å². The van der Waals surface area contributed by atoms with Gasteiger partial charge in [0.2, 0.25) is 5.91 Å². The number of benzene rings is 4. The van der Waals surface area contributed by atoms with Crippen molar-refractivity contribution < 1.29 is 61.5 Å². The molecule has 3 amide bonds. The van der Waals surface area contributed by atoms with Crippen molar-refractivity contribution in [2.24, 2.45) is 11.8 Å². The highest BCUT2D eigenvalue weighted by molar-refractivity contribution is 5.96. The van der Waals surface area contributed by atoms with Crippen LogP contribution in [0.2, 0.25) is 0 Å². The molecule has 4 N–H and O–H groups in total. The average molecular weight is 1060 g/mol. The fourth-order valence-corrected chi connectivity index (χ4v) is 10.0. The summed E-state index contributed by atoms with van der Waals surface area (Å²) < 4.78 is 57.4. The molecule has 2 saturated carbocycles. The Bertz CT molecular complexity index is 2940. The van der Waals surface area contributed by atoms with Crippen molar-refractivity contribution in [3.63, 3.8) is 0 Å². The molecule has 1 unspecified atom stereocenters. The molecule has 77 heavy (non-hydrogen) atoms. The summed E-state index contributed by atoms with van der Waals surface area (Å²) in [5.41, 5.74) is 3.43. The molecular weight excluding hydrogens is 997 g/mol. The van der Waals surface area contributed by atoms with Gasteiger partial charge < -0.3 is 44.7 Å². The first-order valence-electron chi connectivity index (χ1n) is 25.6. The Morgan fingerprint density at radius 1 is 0.571 bits per heavy atom. The van der Waals surface area contributed by atoms with Crippen LogP contribution in [-0.2, 0) is 19.1 Å². The van der Waals surface area contributed by atoms with E-state index in [0.29, 0.717) is 56.9 Å². The third kappa shape index (κ3) is 14.4. The number of rotatable bonds is 20. The highest BCUT2D eigenvalue weighted by atomic mass is 19.1. The predicted molar refractivity (Wildman–Crippen MR) is 282 cm³/mol. The molecule has 2 atom stereocenters. The summed E-state index contributed by atoms with van der Waals surface area (Å²) in [5, 5.41) is 27.1. The maximum absolute atomic E-state index is 13.7. The van der Waals surface area contributed by atoms with Crippen LogP contribution in [0.15, 0.2) is 97.1 Å². The number of carboxylic acid groups (broad SMARTS) is 1. The molecule has 8 rings (SSSR count). The quantitative estimate of drug-likeness (QED) is 0.0525. The Balaban J connectivity index is 0.000000225. The second kappa shape index (κ2) is 27.0. The summed E-state index contributed by atoms with van der Waals surface area (Å²) in [4.78, 5) is 62.7. The van der Waals surface area contributed by atoms with Crippen LogP contribution in [0, 0.1) is 23.5 Å². The fraction of sp³-hybridized carbons (Fsp3) is 0.386. The summed E-state index contributed by atoms with van der Waals surface area (Å²) >= 11 is 0. The van der Waals surface area contributed by atoms with E-state index in [1.165, 1.54) is 69.2 Å². The van der Waals surface area contributed by atoms with Gasteiger partial charge in [0.15, 0.2) is 11.4 Å². The molecule has 2 aliphatic carbocycles. The number of amides is 3. The Kier molecular flexibility index (Phi) is 19.8. The molecule has 0 saturated heterocycles. The number of aromatic nitrogens is 4. The molecule has 6 aromatic rings. The number of carbonyl (C=O) groups excluding carboxylic acids is 4. The normalized spacial score (nSPS) is 14.4. The zero-order valence-corrected chi connectivity index (χ0v) is 43.8. The maximum Gasteiger partial charge on any atom is 0.325 e. The van der Waals surface area contributed by atoms with Crippen LogP contribution in [-0.4, -0.2) is 109 Å². The fourth-order valence-electron chi connectivity index (χ4n) is 10.0. The summed E-state index contributed by atoms with van der Waals surface area (Å²) in [6.07, 6.45) is 9.68. The van der Waals surface area contributed by atoms with E-state index in [2.05, 4.69) is 30.9 Å². The molecule has 0 spiro atoms. The molecule has 2 fully saturated rings. The highest BCUT2D eigenvalue weighted by Gasteiger charge is 2.32. The van der Waals surface area contributed by atoms with Crippen LogP contribution >= 0.6 is 0 Å².